The Kier molecular flexibility index (Phi) is 3.41. The maximum atomic E-state index is 13.2. The minimum atomic E-state index is -0.244. The first-order valence-electron chi connectivity index (χ1n) is 6.68. The number of aromatic amines is 1. The summed E-state index contributed by atoms with van der Waals surface area (Å²) in [4.78, 5) is 3.07. The normalized spacial score (nSPS) is 23.3. The highest BCUT2D eigenvalue weighted by Crippen LogP contribution is 2.27. The summed E-state index contributed by atoms with van der Waals surface area (Å²) >= 11 is 5.35. The van der Waals surface area contributed by atoms with E-state index in [0.29, 0.717) is 16.8 Å². The van der Waals surface area contributed by atoms with Crippen molar-refractivity contribution < 1.29 is 9.13 Å². The Morgan fingerprint density at radius 1 is 1.53 bits per heavy atom. The fourth-order valence-corrected chi connectivity index (χ4v) is 3.19. The number of hydrogen-bond donors (Lipinski definition) is 1. The van der Waals surface area contributed by atoms with Gasteiger partial charge in [-0.2, -0.15) is 0 Å². The van der Waals surface area contributed by atoms with Crippen LogP contribution in [-0.2, 0) is 11.3 Å². The molecule has 2 unspecified atom stereocenters. The number of rotatable bonds is 3. The summed E-state index contributed by atoms with van der Waals surface area (Å²) in [7, 11) is 0. The van der Waals surface area contributed by atoms with Crippen LogP contribution in [0.4, 0.5) is 4.39 Å². The molecule has 0 bridgehead atoms. The number of nitrogens with zero attached hydrogens (tertiary/aromatic N) is 1. The standard InChI is InChI=1S/C14H17FN2OS/c1-2-13-9(5-6-18-13)8-17-12-4-3-10(15)7-11(12)16-14(17)19/h3-4,7,9,13H,2,5-6,8H2,1H3,(H,16,19). The van der Waals surface area contributed by atoms with Crippen molar-refractivity contribution in [3.8, 4) is 0 Å². The van der Waals surface area contributed by atoms with Crippen molar-refractivity contribution in [3.63, 3.8) is 0 Å². The highest BCUT2D eigenvalue weighted by atomic mass is 32.1. The third kappa shape index (κ3) is 2.32. The SMILES string of the molecule is CCC1OCCC1Cn1c(=S)[nH]c2cc(F)ccc21. The molecule has 0 aliphatic carbocycles. The van der Waals surface area contributed by atoms with Crippen molar-refractivity contribution in [1.29, 1.82) is 0 Å². The van der Waals surface area contributed by atoms with Crippen LogP contribution >= 0.6 is 12.2 Å². The van der Waals surface area contributed by atoms with E-state index in [4.69, 9.17) is 17.0 Å². The van der Waals surface area contributed by atoms with Crippen LogP contribution in [0, 0.1) is 16.5 Å². The highest BCUT2D eigenvalue weighted by molar-refractivity contribution is 7.71. The number of benzene rings is 1. The van der Waals surface area contributed by atoms with Gasteiger partial charge in [-0.1, -0.05) is 6.92 Å². The fraction of sp³-hybridized carbons (Fsp3) is 0.500. The summed E-state index contributed by atoms with van der Waals surface area (Å²) in [5.74, 6) is 0.243. The Balaban J connectivity index is 1.96. The summed E-state index contributed by atoms with van der Waals surface area (Å²) < 4.78 is 21.6. The third-order valence-electron chi connectivity index (χ3n) is 3.90. The molecule has 1 saturated heterocycles. The Morgan fingerprint density at radius 3 is 3.16 bits per heavy atom. The lowest BCUT2D eigenvalue weighted by Gasteiger charge is -2.17. The molecule has 3 nitrogen and oxygen atoms in total. The van der Waals surface area contributed by atoms with E-state index >= 15 is 0 Å². The number of H-pyrrole nitrogens is 1. The molecule has 1 aromatic heterocycles. The quantitative estimate of drug-likeness (QED) is 0.870. The van der Waals surface area contributed by atoms with Gasteiger partial charge >= 0.3 is 0 Å². The Bertz CT molecular complexity index is 648. The van der Waals surface area contributed by atoms with Crippen molar-refractivity contribution >= 4 is 23.3 Å². The first-order valence-corrected chi connectivity index (χ1v) is 7.09. The zero-order valence-corrected chi connectivity index (χ0v) is 11.7. The molecule has 3 rings (SSSR count). The van der Waals surface area contributed by atoms with E-state index in [-0.39, 0.29) is 5.82 Å². The molecule has 19 heavy (non-hydrogen) atoms. The fourth-order valence-electron chi connectivity index (χ4n) is 2.90. The molecule has 0 saturated carbocycles. The summed E-state index contributed by atoms with van der Waals surface area (Å²) in [5, 5.41) is 0. The van der Waals surface area contributed by atoms with Crippen LogP contribution in [0.3, 0.4) is 0 Å². The van der Waals surface area contributed by atoms with Gasteiger partial charge in [-0.05, 0) is 43.3 Å². The first kappa shape index (κ1) is 12.8. The monoisotopic (exact) mass is 280 g/mol. The lowest BCUT2D eigenvalue weighted by atomic mass is 9.99. The predicted molar refractivity (Wildman–Crippen MR) is 75.2 cm³/mol. The summed E-state index contributed by atoms with van der Waals surface area (Å²) in [6.07, 6.45) is 2.40. The minimum Gasteiger partial charge on any atom is -0.378 e. The molecule has 1 aromatic carbocycles. The second kappa shape index (κ2) is 5.06. The van der Waals surface area contributed by atoms with Crippen LogP contribution in [0.25, 0.3) is 11.0 Å². The molecule has 1 N–H and O–H groups in total. The van der Waals surface area contributed by atoms with Gasteiger partial charge in [0, 0.05) is 19.1 Å². The van der Waals surface area contributed by atoms with Gasteiger partial charge < -0.3 is 14.3 Å². The van der Waals surface area contributed by atoms with E-state index in [1.165, 1.54) is 12.1 Å². The van der Waals surface area contributed by atoms with Crippen LogP contribution in [0.2, 0.25) is 0 Å². The average molecular weight is 280 g/mol. The topological polar surface area (TPSA) is 29.9 Å². The van der Waals surface area contributed by atoms with Crippen LogP contribution in [-0.4, -0.2) is 22.3 Å². The second-order valence-electron chi connectivity index (χ2n) is 5.07. The second-order valence-corrected chi connectivity index (χ2v) is 5.46. The first-order chi connectivity index (χ1) is 9.19. The molecule has 1 fully saturated rings. The molecule has 0 spiro atoms. The minimum absolute atomic E-state index is 0.244. The molecule has 0 amide bonds. The number of aromatic nitrogens is 2. The molecular formula is C14H17FN2OS. The Labute approximate surface area is 116 Å². The zero-order chi connectivity index (χ0) is 13.4. The zero-order valence-electron chi connectivity index (χ0n) is 10.9. The van der Waals surface area contributed by atoms with Crippen molar-refractivity contribution in [2.24, 2.45) is 5.92 Å². The van der Waals surface area contributed by atoms with E-state index in [1.54, 1.807) is 6.07 Å². The lowest BCUT2D eigenvalue weighted by molar-refractivity contribution is 0.0837. The Hall–Kier alpha value is -1.20. The number of imidazole rings is 1. The largest absolute Gasteiger partial charge is 0.378 e. The maximum Gasteiger partial charge on any atom is 0.178 e. The highest BCUT2D eigenvalue weighted by Gasteiger charge is 2.27. The molecule has 2 aromatic rings. The van der Waals surface area contributed by atoms with E-state index in [9.17, 15) is 4.39 Å². The van der Waals surface area contributed by atoms with Crippen molar-refractivity contribution in [2.75, 3.05) is 6.61 Å². The number of halogens is 1. The smallest absolute Gasteiger partial charge is 0.178 e. The van der Waals surface area contributed by atoms with Gasteiger partial charge in [0.1, 0.15) is 5.82 Å². The van der Waals surface area contributed by atoms with Gasteiger partial charge in [-0.3, -0.25) is 0 Å². The van der Waals surface area contributed by atoms with Gasteiger partial charge in [0.05, 0.1) is 17.1 Å². The number of fused-ring (bicyclic) bond motifs is 1. The molecule has 2 heterocycles. The van der Waals surface area contributed by atoms with Gasteiger partial charge in [0.15, 0.2) is 4.77 Å². The third-order valence-corrected chi connectivity index (χ3v) is 4.22. The van der Waals surface area contributed by atoms with Crippen LogP contribution in [0.5, 0.6) is 0 Å². The van der Waals surface area contributed by atoms with Crippen molar-refractivity contribution in [2.45, 2.75) is 32.4 Å². The maximum absolute atomic E-state index is 13.2. The lowest BCUT2D eigenvalue weighted by Crippen LogP contribution is -2.20. The summed E-state index contributed by atoms with van der Waals surface area (Å²) in [6, 6.07) is 4.75. The summed E-state index contributed by atoms with van der Waals surface area (Å²) in [6.45, 7) is 3.81. The average Bonchev–Trinajstić information content (AvgIpc) is 2.95. The molecule has 0 radical (unpaired) electrons. The number of nitrogens with one attached hydrogen (secondary N) is 1. The van der Waals surface area contributed by atoms with E-state index in [1.807, 2.05) is 0 Å². The van der Waals surface area contributed by atoms with Gasteiger partial charge in [-0.25, -0.2) is 4.39 Å². The van der Waals surface area contributed by atoms with Crippen LogP contribution in [0.1, 0.15) is 19.8 Å². The van der Waals surface area contributed by atoms with Crippen LogP contribution in [0.15, 0.2) is 18.2 Å². The molecule has 2 atom stereocenters. The molecular weight excluding hydrogens is 263 g/mol. The number of ether oxygens (including phenoxy) is 1. The predicted octanol–water partition coefficient (Wildman–Crippen LogP) is 3.65. The van der Waals surface area contributed by atoms with E-state index < -0.39 is 0 Å². The van der Waals surface area contributed by atoms with E-state index in [2.05, 4.69) is 16.5 Å². The van der Waals surface area contributed by atoms with Crippen molar-refractivity contribution in [3.05, 3.63) is 28.8 Å². The van der Waals surface area contributed by atoms with Crippen LogP contribution < -0.4 is 0 Å². The van der Waals surface area contributed by atoms with Gasteiger partial charge in [-0.15, -0.1) is 0 Å². The van der Waals surface area contributed by atoms with Gasteiger partial charge in [0.2, 0.25) is 0 Å². The summed E-state index contributed by atoms with van der Waals surface area (Å²) in [5.41, 5.74) is 1.73. The van der Waals surface area contributed by atoms with E-state index in [0.717, 1.165) is 37.0 Å². The molecule has 5 heteroatoms. The van der Waals surface area contributed by atoms with Gasteiger partial charge in [0.25, 0.3) is 0 Å². The molecule has 1 aliphatic heterocycles. The Morgan fingerprint density at radius 2 is 2.37 bits per heavy atom. The van der Waals surface area contributed by atoms with Crippen molar-refractivity contribution in [1.82, 2.24) is 9.55 Å². The molecule has 102 valence electrons. The molecule has 1 aliphatic rings. The number of hydrogen-bond acceptors (Lipinski definition) is 2.